The number of nitrogens with zero attached hydrogens (tertiary/aromatic N) is 1. The van der Waals surface area contributed by atoms with Crippen molar-refractivity contribution in [3.8, 4) is 5.75 Å². The molecular formula is C16H20N2O. The standard InChI is InChI=1S/C16H20N2O/c1-12-4-3-5-15(10-13(2)17)16(12)19-11-14-6-8-18-9-7-14/h3-9,13H,10-11,17H2,1-2H3. The monoisotopic (exact) mass is 256 g/mol. The molecule has 1 aromatic carbocycles. The molecule has 1 heterocycles. The van der Waals surface area contributed by atoms with Gasteiger partial charge in [0.2, 0.25) is 0 Å². The van der Waals surface area contributed by atoms with Crippen molar-refractivity contribution < 1.29 is 4.74 Å². The zero-order valence-electron chi connectivity index (χ0n) is 11.5. The maximum Gasteiger partial charge on any atom is 0.125 e. The van der Waals surface area contributed by atoms with Crippen molar-refractivity contribution in [2.45, 2.75) is 32.9 Å². The number of hydrogen-bond donors (Lipinski definition) is 1. The van der Waals surface area contributed by atoms with Crippen LogP contribution < -0.4 is 10.5 Å². The topological polar surface area (TPSA) is 48.1 Å². The number of hydrogen-bond acceptors (Lipinski definition) is 3. The summed E-state index contributed by atoms with van der Waals surface area (Å²) in [6, 6.07) is 10.2. The first-order valence-electron chi connectivity index (χ1n) is 6.52. The number of ether oxygens (including phenoxy) is 1. The van der Waals surface area contributed by atoms with E-state index in [1.54, 1.807) is 12.4 Å². The van der Waals surface area contributed by atoms with Gasteiger partial charge >= 0.3 is 0 Å². The van der Waals surface area contributed by atoms with Gasteiger partial charge in [-0.2, -0.15) is 0 Å². The van der Waals surface area contributed by atoms with E-state index in [0.717, 1.165) is 23.3 Å². The molecule has 0 spiro atoms. The number of nitrogens with two attached hydrogens (primary N) is 1. The highest BCUT2D eigenvalue weighted by Crippen LogP contribution is 2.25. The predicted molar refractivity (Wildman–Crippen MR) is 77.1 cm³/mol. The molecule has 2 rings (SSSR count). The molecule has 0 fully saturated rings. The second-order valence-corrected chi connectivity index (χ2v) is 4.89. The van der Waals surface area contributed by atoms with E-state index >= 15 is 0 Å². The first-order chi connectivity index (χ1) is 9.16. The molecule has 2 N–H and O–H groups in total. The largest absolute Gasteiger partial charge is 0.488 e. The van der Waals surface area contributed by atoms with E-state index in [2.05, 4.69) is 24.0 Å². The number of aromatic nitrogens is 1. The summed E-state index contributed by atoms with van der Waals surface area (Å²) in [7, 11) is 0. The van der Waals surface area contributed by atoms with Crippen LogP contribution in [0.4, 0.5) is 0 Å². The van der Waals surface area contributed by atoms with Crippen LogP contribution in [0.15, 0.2) is 42.7 Å². The maximum atomic E-state index is 5.97. The van der Waals surface area contributed by atoms with Gasteiger partial charge in [-0.1, -0.05) is 18.2 Å². The van der Waals surface area contributed by atoms with Crippen LogP contribution in [-0.2, 0) is 13.0 Å². The van der Waals surface area contributed by atoms with Crippen LogP contribution in [-0.4, -0.2) is 11.0 Å². The molecule has 0 radical (unpaired) electrons. The fourth-order valence-electron chi connectivity index (χ4n) is 2.06. The highest BCUT2D eigenvalue weighted by Gasteiger charge is 2.09. The van der Waals surface area contributed by atoms with Crippen molar-refractivity contribution >= 4 is 0 Å². The van der Waals surface area contributed by atoms with E-state index in [1.807, 2.05) is 25.1 Å². The van der Waals surface area contributed by atoms with Crippen LogP contribution in [0.1, 0.15) is 23.6 Å². The molecule has 1 atom stereocenters. The van der Waals surface area contributed by atoms with Crippen LogP contribution in [0.3, 0.4) is 0 Å². The zero-order chi connectivity index (χ0) is 13.7. The lowest BCUT2D eigenvalue weighted by atomic mass is 10.0. The maximum absolute atomic E-state index is 5.97. The molecular weight excluding hydrogens is 236 g/mol. The second-order valence-electron chi connectivity index (χ2n) is 4.89. The van der Waals surface area contributed by atoms with Crippen LogP contribution >= 0.6 is 0 Å². The van der Waals surface area contributed by atoms with Gasteiger partial charge in [0.1, 0.15) is 12.4 Å². The van der Waals surface area contributed by atoms with Crippen molar-refractivity contribution in [2.75, 3.05) is 0 Å². The first kappa shape index (κ1) is 13.6. The smallest absolute Gasteiger partial charge is 0.125 e. The van der Waals surface area contributed by atoms with Crippen molar-refractivity contribution in [1.29, 1.82) is 0 Å². The number of benzene rings is 1. The van der Waals surface area contributed by atoms with Gasteiger partial charge in [0.25, 0.3) is 0 Å². The molecule has 3 nitrogen and oxygen atoms in total. The molecule has 1 unspecified atom stereocenters. The normalized spacial score (nSPS) is 12.2. The fraction of sp³-hybridized carbons (Fsp3) is 0.312. The summed E-state index contributed by atoms with van der Waals surface area (Å²) in [6.07, 6.45) is 4.38. The van der Waals surface area contributed by atoms with Crippen LogP contribution in [0.2, 0.25) is 0 Å². The van der Waals surface area contributed by atoms with Gasteiger partial charge in [-0.3, -0.25) is 4.98 Å². The predicted octanol–water partition coefficient (Wildman–Crippen LogP) is 2.86. The van der Waals surface area contributed by atoms with Crippen molar-refractivity contribution in [3.05, 3.63) is 59.4 Å². The molecule has 2 aromatic rings. The quantitative estimate of drug-likeness (QED) is 0.894. The highest BCUT2D eigenvalue weighted by atomic mass is 16.5. The fourth-order valence-corrected chi connectivity index (χ4v) is 2.06. The van der Waals surface area contributed by atoms with E-state index in [0.29, 0.717) is 6.61 Å². The van der Waals surface area contributed by atoms with E-state index in [1.165, 1.54) is 5.56 Å². The summed E-state index contributed by atoms with van der Waals surface area (Å²) < 4.78 is 5.97. The minimum absolute atomic E-state index is 0.130. The lowest BCUT2D eigenvalue weighted by molar-refractivity contribution is 0.300. The Morgan fingerprint density at radius 2 is 1.95 bits per heavy atom. The third kappa shape index (κ3) is 3.80. The van der Waals surface area contributed by atoms with Gasteiger partial charge < -0.3 is 10.5 Å². The molecule has 3 heteroatoms. The second kappa shape index (κ2) is 6.34. The third-order valence-corrected chi connectivity index (χ3v) is 2.97. The van der Waals surface area contributed by atoms with E-state index in [4.69, 9.17) is 10.5 Å². The molecule has 0 saturated heterocycles. The summed E-state index contributed by atoms with van der Waals surface area (Å²) in [6.45, 7) is 4.63. The summed E-state index contributed by atoms with van der Waals surface area (Å²) in [5.41, 5.74) is 9.32. The minimum atomic E-state index is 0.130. The molecule has 0 bridgehead atoms. The third-order valence-electron chi connectivity index (χ3n) is 2.97. The van der Waals surface area contributed by atoms with Gasteiger partial charge in [-0.15, -0.1) is 0 Å². The molecule has 19 heavy (non-hydrogen) atoms. The molecule has 0 aliphatic heterocycles. The van der Waals surface area contributed by atoms with Crippen LogP contribution in [0.25, 0.3) is 0 Å². The Balaban J connectivity index is 2.14. The number of pyridine rings is 1. The van der Waals surface area contributed by atoms with Crippen LogP contribution in [0.5, 0.6) is 5.75 Å². The Labute approximate surface area is 114 Å². The van der Waals surface area contributed by atoms with E-state index in [9.17, 15) is 0 Å². The Morgan fingerprint density at radius 1 is 1.21 bits per heavy atom. The molecule has 100 valence electrons. The minimum Gasteiger partial charge on any atom is -0.488 e. The average Bonchev–Trinajstić information content (AvgIpc) is 2.38. The van der Waals surface area contributed by atoms with Gasteiger partial charge in [-0.05, 0) is 49.1 Å². The first-order valence-corrected chi connectivity index (χ1v) is 6.52. The summed E-state index contributed by atoms with van der Waals surface area (Å²) in [5.74, 6) is 0.955. The Kier molecular flexibility index (Phi) is 4.53. The molecule has 0 amide bonds. The van der Waals surface area contributed by atoms with E-state index < -0.39 is 0 Å². The summed E-state index contributed by atoms with van der Waals surface area (Å²) in [5, 5.41) is 0. The van der Waals surface area contributed by atoms with Gasteiger partial charge in [0.05, 0.1) is 0 Å². The molecule has 0 saturated carbocycles. The lowest BCUT2D eigenvalue weighted by Gasteiger charge is -2.15. The van der Waals surface area contributed by atoms with Crippen molar-refractivity contribution in [2.24, 2.45) is 5.73 Å². The van der Waals surface area contributed by atoms with Gasteiger partial charge in [0, 0.05) is 18.4 Å². The lowest BCUT2D eigenvalue weighted by Crippen LogP contribution is -2.18. The van der Waals surface area contributed by atoms with Crippen molar-refractivity contribution in [1.82, 2.24) is 4.98 Å². The number of rotatable bonds is 5. The Morgan fingerprint density at radius 3 is 2.63 bits per heavy atom. The molecule has 0 aliphatic rings. The number of para-hydroxylation sites is 1. The van der Waals surface area contributed by atoms with Gasteiger partial charge in [-0.25, -0.2) is 0 Å². The average molecular weight is 256 g/mol. The van der Waals surface area contributed by atoms with Crippen molar-refractivity contribution in [3.63, 3.8) is 0 Å². The molecule has 1 aromatic heterocycles. The highest BCUT2D eigenvalue weighted by molar-refractivity contribution is 5.41. The summed E-state index contributed by atoms with van der Waals surface area (Å²) in [4.78, 5) is 4.00. The molecule has 0 aliphatic carbocycles. The van der Waals surface area contributed by atoms with Crippen LogP contribution in [0, 0.1) is 6.92 Å². The number of aryl methyl sites for hydroxylation is 1. The Hall–Kier alpha value is -1.87. The SMILES string of the molecule is Cc1cccc(CC(C)N)c1OCc1ccncc1. The zero-order valence-corrected chi connectivity index (χ0v) is 11.5. The van der Waals surface area contributed by atoms with E-state index in [-0.39, 0.29) is 6.04 Å². The summed E-state index contributed by atoms with van der Waals surface area (Å²) >= 11 is 0. The van der Waals surface area contributed by atoms with Gasteiger partial charge in [0.15, 0.2) is 0 Å². The Bertz CT molecular complexity index is 524.